The van der Waals surface area contributed by atoms with Gasteiger partial charge in [-0.3, -0.25) is 0 Å². The van der Waals surface area contributed by atoms with Crippen LogP contribution in [0.5, 0.6) is 0 Å². The molecule has 0 saturated carbocycles. The predicted molar refractivity (Wildman–Crippen MR) is 57.0 cm³/mol. The van der Waals surface area contributed by atoms with Crippen molar-refractivity contribution in [2.75, 3.05) is 12.8 Å². The molecule has 0 aromatic heterocycles. The molecule has 0 bridgehead atoms. The summed E-state index contributed by atoms with van der Waals surface area (Å²) < 4.78 is 0. The first-order valence-corrected chi connectivity index (χ1v) is 6.70. The highest BCUT2D eigenvalue weighted by molar-refractivity contribution is 7.36. The summed E-state index contributed by atoms with van der Waals surface area (Å²) in [6.45, 7) is 6.93. The minimum atomic E-state index is 1.03. The fourth-order valence-electron chi connectivity index (χ4n) is 1.39. The lowest BCUT2D eigenvalue weighted by Crippen LogP contribution is -1.99. The fraction of sp³-hybridized carbons (Fsp3) is 1.00. The highest BCUT2D eigenvalue weighted by Gasteiger charge is 2.03. The molecule has 0 nitrogen and oxygen atoms in total. The van der Waals surface area contributed by atoms with Gasteiger partial charge in [-0.25, -0.2) is 0 Å². The van der Waals surface area contributed by atoms with Crippen LogP contribution in [0, 0.1) is 5.92 Å². The third kappa shape index (κ3) is 6.81. The lowest BCUT2D eigenvalue weighted by molar-refractivity contribution is 0.441. The zero-order chi connectivity index (χ0) is 8.53. The van der Waals surface area contributed by atoms with E-state index in [0.717, 1.165) is 14.5 Å². The first-order chi connectivity index (χ1) is 5.35. The number of hydrogen-bond donors (Lipinski definition) is 0. The Balaban J connectivity index is 3.25. The van der Waals surface area contributed by atoms with Crippen molar-refractivity contribution in [3.8, 4) is 0 Å². The first kappa shape index (κ1) is 11.4. The number of hydrogen-bond acceptors (Lipinski definition) is 0. The normalized spacial score (nSPS) is 14.5. The van der Waals surface area contributed by atoms with Crippen molar-refractivity contribution < 1.29 is 0 Å². The Morgan fingerprint density at radius 1 is 1.18 bits per heavy atom. The molecule has 0 N–H and O–H groups in total. The van der Waals surface area contributed by atoms with E-state index in [1.165, 1.54) is 38.3 Å². The summed E-state index contributed by atoms with van der Waals surface area (Å²) in [4.78, 5) is 0. The molecule has 0 aliphatic rings. The van der Waals surface area contributed by atoms with E-state index in [-0.39, 0.29) is 0 Å². The molecule has 0 rings (SSSR count). The molecule has 0 aromatic carbocycles. The zero-order valence-electron chi connectivity index (χ0n) is 8.32. The summed E-state index contributed by atoms with van der Waals surface area (Å²) in [5, 5.41) is 0. The van der Waals surface area contributed by atoms with Crippen molar-refractivity contribution in [3.05, 3.63) is 0 Å². The van der Waals surface area contributed by atoms with Crippen LogP contribution in [0.4, 0.5) is 0 Å². The molecule has 2 unspecified atom stereocenters. The molecule has 2 atom stereocenters. The summed E-state index contributed by atoms with van der Waals surface area (Å²) in [7, 11) is 1.16. The van der Waals surface area contributed by atoms with Gasteiger partial charge in [0.25, 0.3) is 0 Å². The van der Waals surface area contributed by atoms with E-state index >= 15 is 0 Å². The van der Waals surface area contributed by atoms with Gasteiger partial charge in [-0.2, -0.15) is 0 Å². The maximum Gasteiger partial charge on any atom is -0.0353 e. The zero-order valence-corrected chi connectivity index (χ0v) is 9.32. The molecule has 11 heavy (non-hydrogen) atoms. The Hall–Kier alpha value is 0.430. The summed E-state index contributed by atoms with van der Waals surface area (Å²) in [6.07, 6.45) is 8.60. The molecule has 0 heterocycles. The van der Waals surface area contributed by atoms with Crippen LogP contribution in [0.25, 0.3) is 0 Å². The molecule has 0 aliphatic heterocycles. The second kappa shape index (κ2) is 8.53. The second-order valence-electron chi connectivity index (χ2n) is 3.31. The van der Waals surface area contributed by atoms with Crippen molar-refractivity contribution in [1.29, 1.82) is 0 Å². The van der Waals surface area contributed by atoms with Gasteiger partial charge in [-0.05, 0) is 25.2 Å². The van der Waals surface area contributed by atoms with E-state index in [1.807, 2.05) is 0 Å². The third-order valence-electron chi connectivity index (χ3n) is 2.35. The van der Waals surface area contributed by atoms with Gasteiger partial charge in [0, 0.05) is 0 Å². The minimum Gasteiger partial charge on any atom is -0.125 e. The molecule has 1 heteroatoms. The SMILES string of the molecule is CCCCC(CC)CCPC. The summed E-state index contributed by atoms with van der Waals surface area (Å²) in [5.74, 6) is 1.03. The molecular formula is C10H23P. The van der Waals surface area contributed by atoms with Crippen molar-refractivity contribution in [2.45, 2.75) is 46.0 Å². The summed E-state index contributed by atoms with van der Waals surface area (Å²) in [5.41, 5.74) is 0. The average molecular weight is 174 g/mol. The first-order valence-electron chi connectivity index (χ1n) is 4.99. The third-order valence-corrected chi connectivity index (χ3v) is 3.13. The maximum absolute atomic E-state index is 2.33. The molecule has 0 radical (unpaired) electrons. The van der Waals surface area contributed by atoms with Gasteiger partial charge >= 0.3 is 0 Å². The molecule has 0 aromatic rings. The molecule has 68 valence electrons. The van der Waals surface area contributed by atoms with Crippen molar-refractivity contribution >= 4 is 8.58 Å². The van der Waals surface area contributed by atoms with Crippen molar-refractivity contribution in [2.24, 2.45) is 5.92 Å². The van der Waals surface area contributed by atoms with Crippen LogP contribution in [0.3, 0.4) is 0 Å². The van der Waals surface area contributed by atoms with E-state index in [9.17, 15) is 0 Å². The lowest BCUT2D eigenvalue weighted by Gasteiger charge is -2.12. The Labute approximate surface area is 73.9 Å². The largest absolute Gasteiger partial charge is 0.125 e. The van der Waals surface area contributed by atoms with Crippen LogP contribution in [0.15, 0.2) is 0 Å². The predicted octanol–water partition coefficient (Wildman–Crippen LogP) is 3.90. The van der Waals surface area contributed by atoms with Gasteiger partial charge in [0.1, 0.15) is 0 Å². The van der Waals surface area contributed by atoms with E-state index in [2.05, 4.69) is 20.5 Å². The van der Waals surface area contributed by atoms with Crippen LogP contribution in [0.2, 0.25) is 0 Å². The average Bonchev–Trinajstić information content (AvgIpc) is 2.05. The second-order valence-corrected chi connectivity index (χ2v) is 4.52. The van der Waals surface area contributed by atoms with Crippen LogP contribution >= 0.6 is 8.58 Å². The highest BCUT2D eigenvalue weighted by Crippen LogP contribution is 2.19. The lowest BCUT2D eigenvalue weighted by atomic mass is 9.97. The Morgan fingerprint density at radius 2 is 1.91 bits per heavy atom. The maximum atomic E-state index is 2.33. The van der Waals surface area contributed by atoms with E-state index in [1.54, 1.807) is 0 Å². The number of rotatable bonds is 7. The Morgan fingerprint density at radius 3 is 2.36 bits per heavy atom. The molecule has 0 saturated heterocycles. The van der Waals surface area contributed by atoms with Crippen LogP contribution in [-0.4, -0.2) is 12.8 Å². The van der Waals surface area contributed by atoms with Crippen LogP contribution in [-0.2, 0) is 0 Å². The molecular weight excluding hydrogens is 151 g/mol. The van der Waals surface area contributed by atoms with Crippen molar-refractivity contribution in [3.63, 3.8) is 0 Å². The van der Waals surface area contributed by atoms with Gasteiger partial charge < -0.3 is 0 Å². The summed E-state index contributed by atoms with van der Waals surface area (Å²) >= 11 is 0. The van der Waals surface area contributed by atoms with E-state index in [0.29, 0.717) is 0 Å². The minimum absolute atomic E-state index is 1.03. The van der Waals surface area contributed by atoms with Gasteiger partial charge in [-0.15, -0.1) is 8.58 Å². The highest BCUT2D eigenvalue weighted by atomic mass is 31.1. The molecule has 0 spiro atoms. The van der Waals surface area contributed by atoms with Crippen LogP contribution in [0.1, 0.15) is 46.0 Å². The molecule has 0 amide bonds. The Kier molecular flexibility index (Phi) is 8.86. The molecule has 0 aliphatic carbocycles. The monoisotopic (exact) mass is 174 g/mol. The van der Waals surface area contributed by atoms with Crippen molar-refractivity contribution in [1.82, 2.24) is 0 Å². The fourth-order valence-corrected chi connectivity index (χ4v) is 2.09. The number of unbranched alkanes of at least 4 members (excludes halogenated alkanes) is 1. The smallest absolute Gasteiger partial charge is 0.0353 e. The van der Waals surface area contributed by atoms with Gasteiger partial charge in [0.05, 0.1) is 0 Å². The van der Waals surface area contributed by atoms with E-state index < -0.39 is 0 Å². The quantitative estimate of drug-likeness (QED) is 0.513. The van der Waals surface area contributed by atoms with E-state index in [4.69, 9.17) is 0 Å². The standard InChI is InChI=1S/C10H23P/c1-4-6-7-10(5-2)8-9-11-3/h10-11H,4-9H2,1-3H3. The molecule has 0 fully saturated rings. The Bertz CT molecular complexity index is 63.3. The topological polar surface area (TPSA) is 0 Å². The van der Waals surface area contributed by atoms with Gasteiger partial charge in [0.2, 0.25) is 0 Å². The van der Waals surface area contributed by atoms with Crippen LogP contribution < -0.4 is 0 Å². The summed E-state index contributed by atoms with van der Waals surface area (Å²) in [6, 6.07) is 0. The van der Waals surface area contributed by atoms with Gasteiger partial charge in [0.15, 0.2) is 0 Å². The van der Waals surface area contributed by atoms with Gasteiger partial charge in [-0.1, -0.05) is 39.5 Å².